The number of rotatable bonds is 50. The van der Waals surface area contributed by atoms with Gasteiger partial charge in [-0.25, -0.2) is 0 Å². The van der Waals surface area contributed by atoms with Crippen LogP contribution in [0.5, 0.6) is 0 Å². The number of carbonyl (C=O) groups excluding carboxylic acids is 2. The minimum absolute atomic E-state index is 0.0181. The minimum Gasteiger partial charge on any atom is -0.466 e. The molecular formula is C56H105NO5. The second-order valence-corrected chi connectivity index (χ2v) is 18.6. The first kappa shape index (κ1) is 60.1. The zero-order valence-corrected chi connectivity index (χ0v) is 41.4. The second kappa shape index (κ2) is 51.7. The summed E-state index contributed by atoms with van der Waals surface area (Å²) in [7, 11) is 0. The molecule has 0 aromatic carbocycles. The van der Waals surface area contributed by atoms with Gasteiger partial charge in [-0.2, -0.15) is 0 Å². The monoisotopic (exact) mass is 872 g/mol. The number of unbranched alkanes of at least 4 members (excludes halogenated alkanes) is 33. The van der Waals surface area contributed by atoms with Crippen molar-refractivity contribution in [3.8, 4) is 0 Å². The number of aliphatic hydroxyl groups excluding tert-OH is 2. The molecule has 0 rings (SSSR count). The lowest BCUT2D eigenvalue weighted by Gasteiger charge is -2.22. The Morgan fingerprint density at radius 1 is 0.452 bits per heavy atom. The van der Waals surface area contributed by atoms with Crippen LogP contribution in [0.25, 0.3) is 0 Å². The third-order valence-corrected chi connectivity index (χ3v) is 12.4. The van der Waals surface area contributed by atoms with Crippen LogP contribution in [0.4, 0.5) is 0 Å². The van der Waals surface area contributed by atoms with E-state index in [1.807, 2.05) is 0 Å². The molecular weight excluding hydrogens is 767 g/mol. The molecule has 0 aliphatic rings. The Morgan fingerprint density at radius 2 is 0.806 bits per heavy atom. The molecule has 2 atom stereocenters. The fourth-order valence-electron chi connectivity index (χ4n) is 8.19. The molecule has 0 heterocycles. The Balaban J connectivity index is 3.47. The number of amides is 1. The maximum atomic E-state index is 12.4. The summed E-state index contributed by atoms with van der Waals surface area (Å²) in [6.07, 6.45) is 62.6. The SMILES string of the molecule is CCCCC/C=C\C/C=C\CCCCCCCCCC(=O)OCCCCCC/C=C\CCCCCCCCCC(=O)NC(CO)C(O)CCCCCCCCCCCCCCC. The second-order valence-electron chi connectivity index (χ2n) is 18.6. The van der Waals surface area contributed by atoms with Gasteiger partial charge in [-0.15, -0.1) is 0 Å². The largest absolute Gasteiger partial charge is 0.466 e. The highest BCUT2D eigenvalue weighted by molar-refractivity contribution is 5.76. The molecule has 6 nitrogen and oxygen atoms in total. The van der Waals surface area contributed by atoms with Crippen LogP contribution in [-0.2, 0) is 14.3 Å². The average molecular weight is 872 g/mol. The maximum Gasteiger partial charge on any atom is 0.305 e. The lowest BCUT2D eigenvalue weighted by molar-refractivity contribution is -0.143. The minimum atomic E-state index is -0.674. The standard InChI is InChI=1S/C56H105NO5/c1-3-5-7-9-11-13-15-17-18-19-22-26-30-34-38-42-46-50-56(61)62-51-47-43-39-35-31-27-23-20-21-25-29-33-37-41-45-49-55(60)57-53(52-58)54(59)48-44-40-36-32-28-24-16-14-12-10-8-6-4-2/h11,13,17-18,23,27,53-54,58-59H,3-10,12,14-16,19-22,24-26,28-52H2,1-2H3,(H,57,60)/b13-11-,18-17-,27-23-. The van der Waals surface area contributed by atoms with Crippen molar-refractivity contribution in [2.75, 3.05) is 13.2 Å². The summed E-state index contributed by atoms with van der Waals surface area (Å²) in [5.41, 5.74) is 0. The Bertz CT molecular complexity index is 1010. The van der Waals surface area contributed by atoms with Gasteiger partial charge in [-0.05, 0) is 83.5 Å². The van der Waals surface area contributed by atoms with Gasteiger partial charge in [-0.1, -0.05) is 224 Å². The van der Waals surface area contributed by atoms with Crippen molar-refractivity contribution in [2.45, 2.75) is 296 Å². The number of nitrogens with one attached hydrogen (secondary N) is 1. The highest BCUT2D eigenvalue weighted by Gasteiger charge is 2.20. The Labute approximate surface area is 385 Å². The van der Waals surface area contributed by atoms with Crippen molar-refractivity contribution in [3.05, 3.63) is 36.5 Å². The molecule has 0 aliphatic heterocycles. The van der Waals surface area contributed by atoms with Crippen LogP contribution in [-0.4, -0.2) is 47.4 Å². The van der Waals surface area contributed by atoms with Crippen molar-refractivity contribution in [3.63, 3.8) is 0 Å². The van der Waals surface area contributed by atoms with Crippen LogP contribution in [0, 0.1) is 0 Å². The number of hydrogen-bond acceptors (Lipinski definition) is 5. The number of allylic oxidation sites excluding steroid dienone is 6. The van der Waals surface area contributed by atoms with Gasteiger partial charge in [0.15, 0.2) is 0 Å². The molecule has 0 fully saturated rings. The van der Waals surface area contributed by atoms with Gasteiger partial charge in [0, 0.05) is 12.8 Å². The summed E-state index contributed by atoms with van der Waals surface area (Å²) in [6, 6.07) is -0.553. The van der Waals surface area contributed by atoms with E-state index in [4.69, 9.17) is 4.74 Å². The lowest BCUT2D eigenvalue weighted by atomic mass is 10.0. The van der Waals surface area contributed by atoms with Crippen molar-refractivity contribution in [2.24, 2.45) is 0 Å². The van der Waals surface area contributed by atoms with Crippen LogP contribution in [0.2, 0.25) is 0 Å². The smallest absolute Gasteiger partial charge is 0.305 e. The van der Waals surface area contributed by atoms with Crippen LogP contribution < -0.4 is 5.32 Å². The van der Waals surface area contributed by atoms with E-state index < -0.39 is 12.1 Å². The first-order valence-corrected chi connectivity index (χ1v) is 27.2. The Kier molecular flexibility index (Phi) is 50.1. The van der Waals surface area contributed by atoms with Gasteiger partial charge in [0.1, 0.15) is 0 Å². The third-order valence-electron chi connectivity index (χ3n) is 12.4. The average Bonchev–Trinajstić information content (AvgIpc) is 3.27. The highest BCUT2D eigenvalue weighted by Crippen LogP contribution is 2.16. The Morgan fingerprint density at radius 3 is 1.27 bits per heavy atom. The fraction of sp³-hybridized carbons (Fsp3) is 0.857. The predicted octanol–water partition coefficient (Wildman–Crippen LogP) is 16.5. The van der Waals surface area contributed by atoms with E-state index in [-0.39, 0.29) is 18.5 Å². The quantitative estimate of drug-likeness (QED) is 0.0321. The van der Waals surface area contributed by atoms with E-state index in [9.17, 15) is 19.8 Å². The summed E-state index contributed by atoms with van der Waals surface area (Å²) >= 11 is 0. The fourth-order valence-corrected chi connectivity index (χ4v) is 8.19. The van der Waals surface area contributed by atoms with Crippen LogP contribution in [0.15, 0.2) is 36.5 Å². The molecule has 6 heteroatoms. The topological polar surface area (TPSA) is 95.9 Å². The first-order chi connectivity index (χ1) is 30.5. The number of esters is 1. The molecule has 0 saturated carbocycles. The molecule has 2 unspecified atom stereocenters. The summed E-state index contributed by atoms with van der Waals surface area (Å²) in [5, 5.41) is 23.2. The Hall–Kier alpha value is -1.92. The third kappa shape index (κ3) is 47.6. The number of ether oxygens (including phenoxy) is 1. The summed E-state index contributed by atoms with van der Waals surface area (Å²) in [5.74, 6) is -0.0692. The zero-order valence-electron chi connectivity index (χ0n) is 41.4. The van der Waals surface area contributed by atoms with Crippen molar-refractivity contribution >= 4 is 11.9 Å². The molecule has 3 N–H and O–H groups in total. The molecule has 0 saturated heterocycles. The molecule has 0 radical (unpaired) electrons. The molecule has 1 amide bonds. The highest BCUT2D eigenvalue weighted by atomic mass is 16.5. The molecule has 0 bridgehead atoms. The summed E-state index contributed by atoms with van der Waals surface area (Å²) in [6.45, 7) is 4.88. The summed E-state index contributed by atoms with van der Waals surface area (Å²) < 4.78 is 5.46. The zero-order chi connectivity index (χ0) is 45.1. The molecule has 0 aromatic rings. The molecule has 0 spiro atoms. The van der Waals surface area contributed by atoms with Gasteiger partial charge >= 0.3 is 5.97 Å². The van der Waals surface area contributed by atoms with Gasteiger partial charge in [0.2, 0.25) is 5.91 Å². The van der Waals surface area contributed by atoms with Crippen LogP contribution in [0.3, 0.4) is 0 Å². The van der Waals surface area contributed by atoms with Crippen molar-refractivity contribution < 1.29 is 24.5 Å². The lowest BCUT2D eigenvalue weighted by Crippen LogP contribution is -2.45. The maximum absolute atomic E-state index is 12.4. The van der Waals surface area contributed by atoms with E-state index in [0.717, 1.165) is 77.0 Å². The predicted molar refractivity (Wildman–Crippen MR) is 269 cm³/mol. The van der Waals surface area contributed by atoms with Gasteiger partial charge in [0.05, 0.1) is 25.4 Å². The van der Waals surface area contributed by atoms with Crippen LogP contribution >= 0.6 is 0 Å². The van der Waals surface area contributed by atoms with Crippen molar-refractivity contribution in [1.29, 1.82) is 0 Å². The van der Waals surface area contributed by atoms with Gasteiger partial charge < -0.3 is 20.3 Å². The molecule has 0 aliphatic carbocycles. The van der Waals surface area contributed by atoms with E-state index in [1.54, 1.807) is 0 Å². The van der Waals surface area contributed by atoms with E-state index in [0.29, 0.717) is 25.9 Å². The van der Waals surface area contributed by atoms with Gasteiger partial charge in [0.25, 0.3) is 0 Å². The molecule has 0 aromatic heterocycles. The van der Waals surface area contributed by atoms with Gasteiger partial charge in [-0.3, -0.25) is 9.59 Å². The number of hydrogen-bond donors (Lipinski definition) is 3. The van der Waals surface area contributed by atoms with Crippen LogP contribution in [0.1, 0.15) is 284 Å². The first-order valence-electron chi connectivity index (χ1n) is 27.2. The normalized spacial score (nSPS) is 12.9. The molecule has 364 valence electrons. The number of aliphatic hydroxyl groups is 2. The molecule has 62 heavy (non-hydrogen) atoms. The van der Waals surface area contributed by atoms with E-state index >= 15 is 0 Å². The number of carbonyl (C=O) groups is 2. The van der Waals surface area contributed by atoms with Crippen molar-refractivity contribution in [1.82, 2.24) is 5.32 Å². The van der Waals surface area contributed by atoms with E-state index in [1.165, 1.54) is 173 Å². The summed E-state index contributed by atoms with van der Waals surface area (Å²) in [4.78, 5) is 24.5. The van der Waals surface area contributed by atoms with E-state index in [2.05, 4.69) is 55.6 Å².